The second kappa shape index (κ2) is 7.78. The number of nitrogens with one attached hydrogen (secondary N) is 2. The fraction of sp³-hybridized carbons (Fsp3) is 0.188. The Labute approximate surface area is 147 Å². The molecule has 0 unspecified atom stereocenters. The van der Waals surface area contributed by atoms with Gasteiger partial charge in [-0.3, -0.25) is 14.9 Å². The molecule has 2 N–H and O–H groups in total. The molecular weight excluding hydrogens is 378 g/mol. The summed E-state index contributed by atoms with van der Waals surface area (Å²) in [5.41, 5.74) is 1.93. The minimum Gasteiger partial charge on any atom is -0.495 e. The number of hydrogen-bond acceptors (Lipinski definition) is 5. The Morgan fingerprint density at radius 2 is 2.00 bits per heavy atom. The molecule has 0 bridgehead atoms. The number of nitrogens with zero attached hydrogens (tertiary/aromatic N) is 1. The summed E-state index contributed by atoms with van der Waals surface area (Å²) in [6.45, 7) is 1.84. The molecule has 8 heteroatoms. The summed E-state index contributed by atoms with van der Waals surface area (Å²) < 4.78 is 6.07. The standard InChI is InChI=1S/C16H16BrN3O4/c1-10-7-11(17)3-5-13(10)19-16(21)9-18-14-8-12(20(22)23)4-6-15(14)24-2/h3-8,18H,9H2,1-2H3,(H,19,21). The minimum atomic E-state index is -0.504. The first-order valence-electron chi connectivity index (χ1n) is 7.03. The highest BCUT2D eigenvalue weighted by atomic mass is 79.9. The van der Waals surface area contributed by atoms with Crippen LogP contribution < -0.4 is 15.4 Å². The molecule has 0 fully saturated rings. The maximum absolute atomic E-state index is 12.1. The van der Waals surface area contributed by atoms with Gasteiger partial charge in [-0.2, -0.15) is 0 Å². The van der Waals surface area contributed by atoms with Gasteiger partial charge in [0.15, 0.2) is 0 Å². The topological polar surface area (TPSA) is 93.5 Å². The molecule has 0 spiro atoms. The van der Waals surface area contributed by atoms with Gasteiger partial charge in [-0.1, -0.05) is 15.9 Å². The normalized spacial score (nSPS) is 10.1. The number of methoxy groups -OCH3 is 1. The summed E-state index contributed by atoms with van der Waals surface area (Å²) in [6, 6.07) is 9.68. The van der Waals surface area contributed by atoms with E-state index in [9.17, 15) is 14.9 Å². The predicted octanol–water partition coefficient (Wildman–Crippen LogP) is 3.72. The zero-order valence-electron chi connectivity index (χ0n) is 13.1. The van der Waals surface area contributed by atoms with Crippen molar-refractivity contribution >= 4 is 38.9 Å². The molecule has 2 aromatic rings. The van der Waals surface area contributed by atoms with Crippen molar-refractivity contribution in [1.82, 2.24) is 0 Å². The van der Waals surface area contributed by atoms with E-state index in [1.54, 1.807) is 6.07 Å². The minimum absolute atomic E-state index is 0.0486. The Bertz CT molecular complexity index is 780. The predicted molar refractivity (Wildman–Crippen MR) is 95.6 cm³/mol. The lowest BCUT2D eigenvalue weighted by atomic mass is 10.2. The van der Waals surface area contributed by atoms with Crippen LogP contribution in [0.15, 0.2) is 40.9 Å². The number of rotatable bonds is 6. The zero-order valence-corrected chi connectivity index (χ0v) is 14.7. The summed E-state index contributed by atoms with van der Waals surface area (Å²) in [6.07, 6.45) is 0. The molecule has 7 nitrogen and oxygen atoms in total. The van der Waals surface area contributed by atoms with Gasteiger partial charge in [0.25, 0.3) is 5.69 Å². The summed E-state index contributed by atoms with van der Waals surface area (Å²) in [5.74, 6) is 0.155. The van der Waals surface area contributed by atoms with Crippen LogP contribution in [0.1, 0.15) is 5.56 Å². The Morgan fingerprint density at radius 3 is 2.62 bits per heavy atom. The molecule has 0 heterocycles. The van der Waals surface area contributed by atoms with E-state index >= 15 is 0 Å². The number of aryl methyl sites for hydroxylation is 1. The molecule has 0 aliphatic rings. The number of carbonyl (C=O) groups excluding carboxylic acids is 1. The summed E-state index contributed by atoms with van der Waals surface area (Å²) in [5, 5.41) is 16.5. The molecule has 126 valence electrons. The smallest absolute Gasteiger partial charge is 0.271 e. The maximum Gasteiger partial charge on any atom is 0.271 e. The van der Waals surface area contributed by atoms with Gasteiger partial charge in [0.05, 0.1) is 24.3 Å². The van der Waals surface area contributed by atoms with Gasteiger partial charge in [-0.05, 0) is 36.8 Å². The molecule has 0 radical (unpaired) electrons. The highest BCUT2D eigenvalue weighted by Gasteiger charge is 2.12. The van der Waals surface area contributed by atoms with Crippen LogP contribution in [-0.2, 0) is 4.79 Å². The molecule has 0 saturated heterocycles. The highest BCUT2D eigenvalue weighted by molar-refractivity contribution is 9.10. The number of non-ortho nitro benzene ring substituents is 1. The number of ether oxygens (including phenoxy) is 1. The van der Waals surface area contributed by atoms with Gasteiger partial charge < -0.3 is 15.4 Å². The molecule has 1 amide bonds. The van der Waals surface area contributed by atoms with Crippen LogP contribution >= 0.6 is 15.9 Å². The SMILES string of the molecule is COc1ccc([N+](=O)[O-])cc1NCC(=O)Nc1ccc(Br)cc1C. The number of carbonyl (C=O) groups is 1. The lowest BCUT2D eigenvalue weighted by molar-refractivity contribution is -0.384. The molecule has 2 aromatic carbocycles. The van der Waals surface area contributed by atoms with Crippen molar-refractivity contribution in [2.75, 3.05) is 24.3 Å². The van der Waals surface area contributed by atoms with E-state index in [1.807, 2.05) is 19.1 Å². The number of hydrogen-bond donors (Lipinski definition) is 2. The van der Waals surface area contributed by atoms with Gasteiger partial charge >= 0.3 is 0 Å². The van der Waals surface area contributed by atoms with Gasteiger partial charge in [0.2, 0.25) is 5.91 Å². The third kappa shape index (κ3) is 4.45. The Balaban J connectivity index is 2.05. The largest absolute Gasteiger partial charge is 0.495 e. The number of benzene rings is 2. The molecule has 24 heavy (non-hydrogen) atoms. The number of halogens is 1. The van der Waals surface area contributed by atoms with E-state index in [0.29, 0.717) is 17.1 Å². The summed E-state index contributed by atoms with van der Waals surface area (Å²) in [4.78, 5) is 22.4. The second-order valence-electron chi connectivity index (χ2n) is 5.00. The van der Waals surface area contributed by atoms with Crippen molar-refractivity contribution in [3.8, 4) is 5.75 Å². The van der Waals surface area contributed by atoms with Crippen LogP contribution in [0.3, 0.4) is 0 Å². The van der Waals surface area contributed by atoms with Crippen molar-refractivity contribution in [3.05, 3.63) is 56.5 Å². The van der Waals surface area contributed by atoms with Crippen molar-refractivity contribution in [2.45, 2.75) is 6.92 Å². The molecule has 0 aromatic heterocycles. The summed E-state index contributed by atoms with van der Waals surface area (Å²) in [7, 11) is 1.46. The fourth-order valence-electron chi connectivity index (χ4n) is 2.08. The molecule has 2 rings (SSSR count). The molecule has 0 saturated carbocycles. The first-order valence-corrected chi connectivity index (χ1v) is 7.82. The fourth-order valence-corrected chi connectivity index (χ4v) is 2.56. The van der Waals surface area contributed by atoms with Crippen LogP contribution in [0.5, 0.6) is 5.75 Å². The quantitative estimate of drug-likeness (QED) is 0.575. The van der Waals surface area contributed by atoms with E-state index in [-0.39, 0.29) is 18.1 Å². The van der Waals surface area contributed by atoms with Crippen LogP contribution in [-0.4, -0.2) is 24.5 Å². The number of nitro benzene ring substituents is 1. The first-order chi connectivity index (χ1) is 11.4. The van der Waals surface area contributed by atoms with Gasteiger partial charge in [0.1, 0.15) is 5.75 Å². The molecule has 0 aliphatic heterocycles. The van der Waals surface area contributed by atoms with Gasteiger partial charge in [0, 0.05) is 22.3 Å². The maximum atomic E-state index is 12.1. The van der Waals surface area contributed by atoms with E-state index < -0.39 is 4.92 Å². The van der Waals surface area contributed by atoms with Crippen LogP contribution in [0.25, 0.3) is 0 Å². The second-order valence-corrected chi connectivity index (χ2v) is 5.92. The van der Waals surface area contributed by atoms with Crippen molar-refractivity contribution in [2.24, 2.45) is 0 Å². The van der Waals surface area contributed by atoms with Crippen LogP contribution in [0.2, 0.25) is 0 Å². The summed E-state index contributed by atoms with van der Waals surface area (Å²) >= 11 is 3.36. The Kier molecular flexibility index (Phi) is 5.75. The zero-order chi connectivity index (χ0) is 17.7. The van der Waals surface area contributed by atoms with Gasteiger partial charge in [-0.25, -0.2) is 0 Å². The first kappa shape index (κ1) is 17.7. The van der Waals surface area contributed by atoms with Crippen molar-refractivity contribution in [3.63, 3.8) is 0 Å². The Hall–Kier alpha value is -2.61. The number of nitro groups is 1. The van der Waals surface area contributed by atoms with Crippen LogP contribution in [0, 0.1) is 17.0 Å². The van der Waals surface area contributed by atoms with Crippen molar-refractivity contribution in [1.29, 1.82) is 0 Å². The van der Waals surface area contributed by atoms with Crippen molar-refractivity contribution < 1.29 is 14.5 Å². The third-order valence-electron chi connectivity index (χ3n) is 3.30. The molecular formula is C16H16BrN3O4. The van der Waals surface area contributed by atoms with Crippen LogP contribution in [0.4, 0.5) is 17.1 Å². The van der Waals surface area contributed by atoms with E-state index in [1.165, 1.54) is 25.3 Å². The molecule has 0 aliphatic carbocycles. The van der Waals surface area contributed by atoms with Gasteiger partial charge in [-0.15, -0.1) is 0 Å². The monoisotopic (exact) mass is 393 g/mol. The highest BCUT2D eigenvalue weighted by Crippen LogP contribution is 2.28. The average molecular weight is 394 g/mol. The lowest BCUT2D eigenvalue weighted by Crippen LogP contribution is -2.22. The third-order valence-corrected chi connectivity index (χ3v) is 3.79. The average Bonchev–Trinajstić information content (AvgIpc) is 2.55. The van der Waals surface area contributed by atoms with E-state index in [4.69, 9.17) is 4.74 Å². The van der Waals surface area contributed by atoms with E-state index in [0.717, 1.165) is 10.0 Å². The van der Waals surface area contributed by atoms with E-state index in [2.05, 4.69) is 26.6 Å². The molecule has 0 atom stereocenters. The lowest BCUT2D eigenvalue weighted by Gasteiger charge is -2.12. The number of amides is 1. The Morgan fingerprint density at radius 1 is 1.25 bits per heavy atom. The number of anilines is 2.